The van der Waals surface area contributed by atoms with Gasteiger partial charge in [0.1, 0.15) is 0 Å². The Morgan fingerprint density at radius 2 is 2.29 bits per heavy atom. The molecule has 0 aliphatic rings. The number of carboxylic acid groups (broad SMARTS) is 1. The van der Waals surface area contributed by atoms with Crippen LogP contribution in [0.25, 0.3) is 5.65 Å². The van der Waals surface area contributed by atoms with Crippen molar-refractivity contribution in [1.29, 1.82) is 0 Å². The summed E-state index contributed by atoms with van der Waals surface area (Å²) in [4.78, 5) is 14.7. The summed E-state index contributed by atoms with van der Waals surface area (Å²) in [7, 11) is 0. The van der Waals surface area contributed by atoms with Crippen molar-refractivity contribution in [1.82, 2.24) is 25.0 Å². The van der Waals surface area contributed by atoms with Crippen LogP contribution in [0.1, 0.15) is 20.3 Å². The molecule has 0 amide bonds. The highest BCUT2D eigenvalue weighted by molar-refractivity contribution is 5.69. The summed E-state index contributed by atoms with van der Waals surface area (Å²) in [6, 6.07) is 0. The maximum absolute atomic E-state index is 10.7. The second-order valence-corrected chi connectivity index (χ2v) is 4.32. The predicted octanol–water partition coefficient (Wildman–Crippen LogP) is 0.184. The smallest absolute Gasteiger partial charge is 0.305 e. The van der Waals surface area contributed by atoms with Gasteiger partial charge in [-0.25, -0.2) is 0 Å². The van der Waals surface area contributed by atoms with Crippen LogP contribution >= 0.6 is 0 Å². The third-order valence-electron chi connectivity index (χ3n) is 2.17. The number of nitrogens with one attached hydrogen (secondary N) is 1. The largest absolute Gasteiger partial charge is 0.481 e. The van der Waals surface area contributed by atoms with Crippen LogP contribution in [0.15, 0.2) is 12.4 Å². The number of tetrazole rings is 1. The molecule has 2 aromatic rings. The molecule has 0 bridgehead atoms. The maximum atomic E-state index is 10.7. The Balaban J connectivity index is 2.29. The molecule has 0 saturated carbocycles. The van der Waals surface area contributed by atoms with Gasteiger partial charge in [0, 0.05) is 5.54 Å². The lowest BCUT2D eigenvalue weighted by Crippen LogP contribution is -2.34. The highest BCUT2D eigenvalue weighted by Crippen LogP contribution is 2.17. The van der Waals surface area contributed by atoms with Gasteiger partial charge in [0.15, 0.2) is 11.5 Å². The third kappa shape index (κ3) is 2.47. The van der Waals surface area contributed by atoms with E-state index in [4.69, 9.17) is 5.11 Å². The first-order valence-electron chi connectivity index (χ1n) is 5.00. The molecule has 8 nitrogen and oxygen atoms in total. The van der Waals surface area contributed by atoms with E-state index < -0.39 is 11.5 Å². The zero-order valence-electron chi connectivity index (χ0n) is 9.45. The van der Waals surface area contributed by atoms with Crippen LogP contribution < -0.4 is 5.32 Å². The molecule has 8 heteroatoms. The summed E-state index contributed by atoms with van der Waals surface area (Å²) >= 11 is 0. The first-order chi connectivity index (χ1) is 7.98. The second kappa shape index (κ2) is 3.96. The molecule has 0 saturated heterocycles. The fourth-order valence-electron chi connectivity index (χ4n) is 1.53. The average Bonchev–Trinajstić information content (AvgIpc) is 2.63. The summed E-state index contributed by atoms with van der Waals surface area (Å²) in [5, 5.41) is 22.9. The minimum absolute atomic E-state index is 0.0223. The summed E-state index contributed by atoms with van der Waals surface area (Å²) in [6.45, 7) is 3.56. The second-order valence-electron chi connectivity index (χ2n) is 4.32. The van der Waals surface area contributed by atoms with Gasteiger partial charge >= 0.3 is 5.97 Å². The van der Waals surface area contributed by atoms with E-state index in [1.54, 1.807) is 20.0 Å². The number of rotatable bonds is 4. The highest BCUT2D eigenvalue weighted by Gasteiger charge is 2.22. The monoisotopic (exact) mass is 236 g/mol. The molecule has 0 atom stereocenters. The van der Waals surface area contributed by atoms with Gasteiger partial charge in [-0.1, -0.05) is 0 Å². The molecule has 0 radical (unpaired) electrons. The van der Waals surface area contributed by atoms with Crippen molar-refractivity contribution in [2.24, 2.45) is 0 Å². The molecule has 0 fully saturated rings. The minimum atomic E-state index is -0.876. The minimum Gasteiger partial charge on any atom is -0.481 e. The van der Waals surface area contributed by atoms with Crippen LogP contribution in [0.3, 0.4) is 0 Å². The van der Waals surface area contributed by atoms with E-state index in [0.717, 1.165) is 0 Å². The van der Waals surface area contributed by atoms with Crippen LogP contribution in [0.5, 0.6) is 0 Å². The molecule has 2 heterocycles. The van der Waals surface area contributed by atoms with Gasteiger partial charge in [-0.2, -0.15) is 4.52 Å². The van der Waals surface area contributed by atoms with Crippen molar-refractivity contribution < 1.29 is 9.90 Å². The van der Waals surface area contributed by atoms with Crippen molar-refractivity contribution >= 4 is 17.4 Å². The summed E-state index contributed by atoms with van der Waals surface area (Å²) in [5.74, 6) is -0.321. The van der Waals surface area contributed by atoms with Crippen molar-refractivity contribution in [3.8, 4) is 0 Å². The molecule has 0 aliphatic carbocycles. The van der Waals surface area contributed by atoms with Crippen LogP contribution in [0.4, 0.5) is 5.82 Å². The van der Waals surface area contributed by atoms with Crippen molar-refractivity contribution in [2.45, 2.75) is 25.8 Å². The first kappa shape index (κ1) is 11.2. The Morgan fingerprint density at radius 3 is 3.00 bits per heavy atom. The first-order valence-corrected chi connectivity index (χ1v) is 5.00. The van der Waals surface area contributed by atoms with Crippen LogP contribution in [0, 0.1) is 0 Å². The van der Waals surface area contributed by atoms with E-state index in [-0.39, 0.29) is 6.42 Å². The number of fused-ring (bicyclic) bond motifs is 1. The zero-order valence-corrected chi connectivity index (χ0v) is 9.45. The van der Waals surface area contributed by atoms with Crippen LogP contribution in [-0.4, -0.2) is 41.6 Å². The van der Waals surface area contributed by atoms with E-state index in [2.05, 4.69) is 25.8 Å². The van der Waals surface area contributed by atoms with Crippen molar-refractivity contribution in [2.75, 3.05) is 5.32 Å². The van der Waals surface area contributed by atoms with Gasteiger partial charge in [-0.05, 0) is 24.3 Å². The van der Waals surface area contributed by atoms with Crippen molar-refractivity contribution in [3.05, 3.63) is 12.4 Å². The standard InChI is InChI=1S/C9H12N6O2/c1-9(2,3-8(16)17)11-6-4-10-5-7-12-13-14-15(6)7/h4-5,11H,3H2,1-2H3,(H,16,17). The Morgan fingerprint density at radius 1 is 1.53 bits per heavy atom. The molecule has 0 aliphatic heterocycles. The predicted molar refractivity (Wildman–Crippen MR) is 58.5 cm³/mol. The molecule has 2 rings (SSSR count). The van der Waals surface area contributed by atoms with Gasteiger partial charge in [0.2, 0.25) is 0 Å². The normalized spacial score (nSPS) is 11.6. The number of carbonyl (C=O) groups is 1. The Kier molecular flexibility index (Phi) is 2.62. The van der Waals surface area contributed by atoms with Crippen molar-refractivity contribution in [3.63, 3.8) is 0 Å². The fraction of sp³-hybridized carbons (Fsp3) is 0.444. The molecule has 2 N–H and O–H groups in total. The Hall–Kier alpha value is -2.25. The maximum Gasteiger partial charge on any atom is 0.305 e. The Labute approximate surface area is 96.7 Å². The lowest BCUT2D eigenvalue weighted by molar-refractivity contribution is -0.137. The topological polar surface area (TPSA) is 105 Å². The molecule has 0 unspecified atom stereocenters. The molecule has 90 valence electrons. The molecule has 0 aromatic carbocycles. The molecule has 2 aromatic heterocycles. The van der Waals surface area contributed by atoms with Crippen LogP contribution in [-0.2, 0) is 4.79 Å². The van der Waals surface area contributed by atoms with E-state index in [0.29, 0.717) is 11.5 Å². The number of anilines is 1. The van der Waals surface area contributed by atoms with E-state index in [1.807, 2.05) is 0 Å². The number of hydrogen-bond donors (Lipinski definition) is 2. The lowest BCUT2D eigenvalue weighted by Gasteiger charge is -2.25. The molecular formula is C9H12N6O2. The molecule has 17 heavy (non-hydrogen) atoms. The molecule has 0 spiro atoms. The van der Waals surface area contributed by atoms with Gasteiger partial charge in [-0.3, -0.25) is 9.78 Å². The number of aromatic nitrogens is 5. The van der Waals surface area contributed by atoms with Gasteiger partial charge in [-0.15, -0.1) is 5.10 Å². The third-order valence-corrected chi connectivity index (χ3v) is 2.17. The fourth-order valence-corrected chi connectivity index (χ4v) is 1.53. The van der Waals surface area contributed by atoms with E-state index >= 15 is 0 Å². The number of nitrogens with zero attached hydrogens (tertiary/aromatic N) is 5. The summed E-state index contributed by atoms with van der Waals surface area (Å²) < 4.78 is 1.47. The highest BCUT2D eigenvalue weighted by atomic mass is 16.4. The number of hydrogen-bond acceptors (Lipinski definition) is 6. The van der Waals surface area contributed by atoms with E-state index in [9.17, 15) is 4.79 Å². The van der Waals surface area contributed by atoms with Gasteiger partial charge < -0.3 is 10.4 Å². The number of carboxylic acids is 1. The summed E-state index contributed by atoms with van der Waals surface area (Å²) in [6.07, 6.45) is 3.05. The average molecular weight is 236 g/mol. The number of aliphatic carboxylic acids is 1. The van der Waals surface area contributed by atoms with E-state index in [1.165, 1.54) is 10.7 Å². The lowest BCUT2D eigenvalue weighted by atomic mass is 10.0. The quantitative estimate of drug-likeness (QED) is 0.780. The molecular weight excluding hydrogens is 224 g/mol. The zero-order chi connectivity index (χ0) is 12.5. The summed E-state index contributed by atoms with van der Waals surface area (Å²) in [5.41, 5.74) is -0.116. The van der Waals surface area contributed by atoms with Gasteiger partial charge in [0.25, 0.3) is 0 Å². The SMILES string of the molecule is CC(C)(CC(=O)O)Nc1cncc2nnnn12. The van der Waals surface area contributed by atoms with Crippen LogP contribution in [0.2, 0.25) is 0 Å². The Bertz CT molecular complexity index is 549. The van der Waals surface area contributed by atoms with Gasteiger partial charge in [0.05, 0.1) is 18.8 Å².